The molecule has 25 heteroatoms. The van der Waals surface area contributed by atoms with Gasteiger partial charge in [-0.05, 0) is 24.8 Å². The highest BCUT2D eigenvalue weighted by atomic mass is 32.5. The number of alkyl halides is 1. The highest BCUT2D eigenvalue weighted by Crippen LogP contribution is 2.62. The Hall–Kier alpha value is -2.76. The van der Waals surface area contributed by atoms with E-state index < -0.39 is 106 Å². The van der Waals surface area contributed by atoms with Crippen molar-refractivity contribution in [3.05, 3.63) is 24.3 Å². The van der Waals surface area contributed by atoms with Crippen LogP contribution in [0.5, 0.6) is 0 Å². The molecule has 4 rings (SSSR count). The Kier molecular flexibility index (Phi) is 12.1. The van der Waals surface area contributed by atoms with Crippen LogP contribution in [-0.2, 0) is 73.4 Å². The molecule has 0 amide bonds. The molecule has 0 bridgehead atoms. The van der Waals surface area contributed by atoms with Gasteiger partial charge in [0.25, 0.3) is 0 Å². The van der Waals surface area contributed by atoms with Gasteiger partial charge in [0.05, 0.1) is 12.6 Å². The van der Waals surface area contributed by atoms with E-state index in [0.29, 0.717) is 0 Å². The van der Waals surface area contributed by atoms with Gasteiger partial charge in [-0.15, -0.1) is 0 Å². The molecule has 0 aliphatic carbocycles. The van der Waals surface area contributed by atoms with Crippen LogP contribution in [0.4, 0.5) is 15.9 Å². The van der Waals surface area contributed by atoms with Gasteiger partial charge in [0, 0.05) is 27.0 Å². The quantitative estimate of drug-likeness (QED) is 0.0752. The molecule has 0 aromatic carbocycles. The lowest BCUT2D eigenvalue weighted by molar-refractivity contribution is -0.293. The summed E-state index contributed by atoms with van der Waals surface area (Å²) in [4.78, 5) is 64.1. The Bertz CT molecular complexity index is 1610. The minimum absolute atomic E-state index is 0.0365. The molecule has 3 aliphatic heterocycles. The third-order valence-corrected chi connectivity index (χ3v) is 11.2. The van der Waals surface area contributed by atoms with Gasteiger partial charge in [-0.2, -0.15) is 0 Å². The summed E-state index contributed by atoms with van der Waals surface area (Å²) in [7, 11) is -5.65. The second-order valence-corrected chi connectivity index (χ2v) is 15.8. The average molecular weight is 776 g/mol. The number of hydrogen-bond donors (Lipinski definition) is 7. The molecule has 9 N–H and O–H groups in total. The number of rotatable bonds is 12. The predicted octanol–water partition coefficient (Wildman–Crippen LogP) is -1.11. The van der Waals surface area contributed by atoms with E-state index in [0.717, 1.165) is 27.1 Å². The summed E-state index contributed by atoms with van der Waals surface area (Å²) in [5.41, 5.74) is 8.99. The number of nitrogen functional groups attached to an aromatic ring is 1. The largest absolute Gasteiger partial charge is 0.481 e. The molecule has 1 spiro atoms. The van der Waals surface area contributed by atoms with Crippen LogP contribution in [0, 0.1) is 0 Å². The second kappa shape index (κ2) is 15.1. The lowest BCUT2D eigenvalue weighted by atomic mass is 9.77. The van der Waals surface area contributed by atoms with Crippen molar-refractivity contribution in [1.29, 1.82) is 0 Å². The number of anilines is 2. The number of nitrogens with two attached hydrogens (primary N) is 2. The molecule has 21 nitrogen and oxygen atoms in total. The fourth-order valence-corrected chi connectivity index (χ4v) is 8.56. The first-order chi connectivity index (χ1) is 23.1. The zero-order valence-electron chi connectivity index (χ0n) is 26.7. The summed E-state index contributed by atoms with van der Waals surface area (Å²) in [5, 5.41) is 25.3. The van der Waals surface area contributed by atoms with E-state index in [1.165, 1.54) is 19.2 Å². The molecule has 1 aromatic rings. The first-order valence-electron chi connectivity index (χ1n) is 14.5. The van der Waals surface area contributed by atoms with Crippen molar-refractivity contribution in [2.24, 2.45) is 5.73 Å². The Morgan fingerprint density at radius 1 is 1.16 bits per heavy atom. The van der Waals surface area contributed by atoms with Crippen LogP contribution in [0.15, 0.2) is 18.6 Å². The standard InChI is InChI=1S/C25H36FN5O16P2S/c1-10(32)40-7-13(26)17-18(42-11(2)33)16(35)19(43-12(3)34)23(44-17)46-48(37,38)47-49(39,50)41-8-14-20(27)24(4,36)25(45-14)5-6-29-15-21(25)30-9-31-22(15)28/h5-6,9,13-14,16-20,23,29,35-36H,7-8,27H2,1-4H3,(H,37,38)(H,39,50)(H2,28,30,31)/t13-,14+,16?,17?,18?,19?,20+,23?,24+,25?,49?/m0/s1. The van der Waals surface area contributed by atoms with E-state index in [9.17, 15) is 38.9 Å². The number of nitrogens with zero attached hydrogens (tertiary/aromatic N) is 2. The van der Waals surface area contributed by atoms with Crippen LogP contribution in [0.3, 0.4) is 0 Å². The van der Waals surface area contributed by atoms with Crippen LogP contribution in [0.2, 0.25) is 0 Å². The molecule has 3 aliphatic rings. The maximum absolute atomic E-state index is 15.2. The van der Waals surface area contributed by atoms with E-state index in [2.05, 4.69) is 20.0 Å². The maximum atomic E-state index is 15.2. The summed E-state index contributed by atoms with van der Waals surface area (Å²) in [6.45, 7) is -2.41. The number of aromatic nitrogens is 2. The number of ether oxygens (including phenoxy) is 5. The predicted molar refractivity (Wildman–Crippen MR) is 166 cm³/mol. The Labute approximate surface area is 288 Å². The molecular formula is C25H36FN5O16P2S. The number of halogens is 1. The fraction of sp³-hybridized carbons (Fsp3) is 0.640. The fourth-order valence-electron chi connectivity index (χ4n) is 5.46. The molecule has 4 heterocycles. The van der Waals surface area contributed by atoms with E-state index >= 15 is 4.39 Å². The molecule has 0 saturated carbocycles. The summed E-state index contributed by atoms with van der Waals surface area (Å²) < 4.78 is 69.1. The number of aliphatic hydroxyl groups excluding tert-OH is 1. The molecule has 12 atom stereocenters. The lowest BCUT2D eigenvalue weighted by Crippen LogP contribution is -2.63. The summed E-state index contributed by atoms with van der Waals surface area (Å²) in [6, 6.07) is -1.26. The van der Waals surface area contributed by atoms with Crippen molar-refractivity contribution in [2.45, 2.75) is 87.9 Å². The van der Waals surface area contributed by atoms with Crippen molar-refractivity contribution in [3.8, 4) is 0 Å². The van der Waals surface area contributed by atoms with Crippen LogP contribution < -0.4 is 16.8 Å². The summed E-state index contributed by atoms with van der Waals surface area (Å²) in [6.07, 6.45) is -10.1. The van der Waals surface area contributed by atoms with Crippen LogP contribution in [-0.4, -0.2) is 116 Å². The molecule has 1 aromatic heterocycles. The van der Waals surface area contributed by atoms with Gasteiger partial charge < -0.3 is 65.0 Å². The monoisotopic (exact) mass is 775 g/mol. The molecule has 2 fully saturated rings. The van der Waals surface area contributed by atoms with Gasteiger partial charge >= 0.3 is 32.4 Å². The zero-order chi connectivity index (χ0) is 37.4. The zero-order valence-corrected chi connectivity index (χ0v) is 29.3. The third-order valence-electron chi connectivity index (χ3n) is 7.72. The summed E-state index contributed by atoms with van der Waals surface area (Å²) in [5.74, 6) is -2.99. The highest BCUT2D eigenvalue weighted by Gasteiger charge is 2.64. The van der Waals surface area contributed by atoms with Crippen molar-refractivity contribution in [3.63, 3.8) is 0 Å². The molecule has 2 saturated heterocycles. The number of carbonyl (C=O) groups excluding carboxylic acids is 3. The molecule has 8 unspecified atom stereocenters. The number of aliphatic hydroxyl groups is 2. The van der Waals surface area contributed by atoms with Gasteiger partial charge in [-0.25, -0.2) is 23.2 Å². The van der Waals surface area contributed by atoms with E-state index in [1.54, 1.807) is 0 Å². The van der Waals surface area contributed by atoms with Gasteiger partial charge in [0.15, 0.2) is 29.8 Å². The normalized spacial score (nSPS) is 34.8. The van der Waals surface area contributed by atoms with Gasteiger partial charge in [0.1, 0.15) is 48.2 Å². The SMILES string of the molecule is CC(=O)OC[C@H](F)C1OC(OP(=O)(O)OP(O)(=S)OC[C@H]2OC3(C=CNc4c(N)ncnc43)[C@](C)(O)[C@@H]2N)C(OC(C)=O)C(O)C1OC(C)=O. The Balaban J connectivity index is 1.50. The number of phosphoric ester groups is 1. The van der Waals surface area contributed by atoms with E-state index in [1.807, 2.05) is 0 Å². The van der Waals surface area contributed by atoms with Crippen molar-refractivity contribution in [1.82, 2.24) is 9.97 Å². The number of hydrogen-bond acceptors (Lipinski definition) is 20. The van der Waals surface area contributed by atoms with Crippen molar-refractivity contribution in [2.75, 3.05) is 24.3 Å². The highest BCUT2D eigenvalue weighted by molar-refractivity contribution is 8.08. The van der Waals surface area contributed by atoms with Gasteiger partial charge in [-0.1, -0.05) is 0 Å². The second-order valence-electron chi connectivity index (χ2n) is 11.4. The van der Waals surface area contributed by atoms with Crippen molar-refractivity contribution >= 4 is 55.8 Å². The van der Waals surface area contributed by atoms with Crippen LogP contribution in [0.1, 0.15) is 33.4 Å². The number of carbonyl (C=O) groups is 3. The Morgan fingerprint density at radius 2 is 1.80 bits per heavy atom. The number of nitrogens with one attached hydrogen (secondary N) is 1. The average Bonchev–Trinajstić information content (AvgIpc) is 3.18. The summed E-state index contributed by atoms with van der Waals surface area (Å²) >= 11 is 4.88. The lowest BCUT2D eigenvalue weighted by Gasteiger charge is -2.43. The first kappa shape index (κ1) is 40.0. The van der Waals surface area contributed by atoms with Crippen LogP contribution in [0.25, 0.3) is 0 Å². The molecular weight excluding hydrogens is 739 g/mol. The van der Waals surface area contributed by atoms with Gasteiger partial charge in [-0.3, -0.25) is 18.9 Å². The van der Waals surface area contributed by atoms with E-state index in [-0.39, 0.29) is 17.2 Å². The molecule has 280 valence electrons. The smallest absolute Gasteiger partial charge is 0.463 e. The number of fused-ring (bicyclic) bond motifs is 2. The molecule has 50 heavy (non-hydrogen) atoms. The maximum Gasteiger partial charge on any atom is 0.481 e. The number of phosphoric acid groups is 1. The number of esters is 3. The minimum Gasteiger partial charge on any atom is -0.463 e. The van der Waals surface area contributed by atoms with E-state index in [4.69, 9.17) is 55.6 Å². The van der Waals surface area contributed by atoms with Crippen LogP contribution >= 0.6 is 14.5 Å². The molecule has 0 radical (unpaired) electrons. The van der Waals surface area contributed by atoms with Gasteiger partial charge in [0.2, 0.25) is 6.29 Å². The Morgan fingerprint density at radius 3 is 2.42 bits per heavy atom. The van der Waals surface area contributed by atoms with Crippen molar-refractivity contribution < 1.29 is 80.4 Å². The topological polar surface area (TPSA) is 313 Å². The third kappa shape index (κ3) is 8.47. The first-order valence-corrected chi connectivity index (χ1v) is 18.6. The minimum atomic E-state index is -5.65.